The van der Waals surface area contributed by atoms with Crippen molar-refractivity contribution in [2.45, 2.75) is 24.8 Å². The van der Waals surface area contributed by atoms with E-state index in [0.29, 0.717) is 0 Å². The van der Waals surface area contributed by atoms with Crippen LogP contribution in [0.5, 0.6) is 0 Å². The number of hydrogen-bond donors (Lipinski definition) is 0. The maximum Gasteiger partial charge on any atom is 0.0692 e. The second-order valence-electron chi connectivity index (χ2n) is 5.26. The van der Waals surface area contributed by atoms with Gasteiger partial charge in [-0.3, -0.25) is 4.68 Å². The fourth-order valence-corrected chi connectivity index (χ4v) is 3.43. The first kappa shape index (κ1) is 8.35. The molecule has 0 unspecified atom stereocenters. The minimum absolute atomic E-state index is 0.00689. The van der Waals surface area contributed by atoms with Crippen LogP contribution in [-0.2, 0) is 5.54 Å². The Balaban J connectivity index is 1.83. The summed E-state index contributed by atoms with van der Waals surface area (Å²) >= 11 is 0. The molecule has 3 fully saturated rings. The average Bonchev–Trinajstić information content (AvgIpc) is 2.60. The first-order valence-corrected chi connectivity index (χ1v) is 5.62. The van der Waals surface area contributed by atoms with Crippen LogP contribution in [0, 0.1) is 16.7 Å². The SMILES string of the molecule is N#CC12CC(n3ncc4ccccc43)(C1)C2. The Kier molecular flexibility index (Phi) is 1.20. The molecule has 2 bridgehead atoms. The smallest absolute Gasteiger partial charge is 0.0692 e. The fraction of sp³-hybridized carbons (Fsp3) is 0.385. The largest absolute Gasteiger partial charge is 0.259 e. The van der Waals surface area contributed by atoms with Gasteiger partial charge in [0.05, 0.1) is 28.7 Å². The van der Waals surface area contributed by atoms with E-state index in [4.69, 9.17) is 5.26 Å². The lowest BCUT2D eigenvalue weighted by molar-refractivity contribution is -0.150. The molecule has 16 heavy (non-hydrogen) atoms. The van der Waals surface area contributed by atoms with Crippen molar-refractivity contribution in [3.63, 3.8) is 0 Å². The van der Waals surface area contributed by atoms with E-state index in [1.807, 2.05) is 18.3 Å². The van der Waals surface area contributed by atoms with Gasteiger partial charge in [0, 0.05) is 5.39 Å². The molecule has 0 atom stereocenters. The third-order valence-electron chi connectivity index (χ3n) is 4.17. The Hall–Kier alpha value is -1.82. The molecule has 3 heteroatoms. The van der Waals surface area contributed by atoms with Crippen molar-refractivity contribution in [2.75, 3.05) is 0 Å². The van der Waals surface area contributed by atoms with Crippen molar-refractivity contribution < 1.29 is 0 Å². The highest BCUT2D eigenvalue weighted by molar-refractivity contribution is 5.78. The van der Waals surface area contributed by atoms with Gasteiger partial charge in [-0.05, 0) is 25.3 Å². The average molecular weight is 209 g/mol. The van der Waals surface area contributed by atoms with E-state index < -0.39 is 0 Å². The maximum absolute atomic E-state index is 9.03. The summed E-state index contributed by atoms with van der Waals surface area (Å²) in [4.78, 5) is 0. The quantitative estimate of drug-likeness (QED) is 0.723. The van der Waals surface area contributed by atoms with Crippen LogP contribution in [0.1, 0.15) is 19.3 Å². The molecule has 0 aliphatic heterocycles. The highest BCUT2D eigenvalue weighted by Gasteiger charge is 2.70. The summed E-state index contributed by atoms with van der Waals surface area (Å²) in [5.41, 5.74) is 1.36. The zero-order valence-electron chi connectivity index (χ0n) is 8.85. The summed E-state index contributed by atoms with van der Waals surface area (Å²) in [6, 6.07) is 10.7. The van der Waals surface area contributed by atoms with Gasteiger partial charge >= 0.3 is 0 Å². The van der Waals surface area contributed by atoms with Gasteiger partial charge in [-0.1, -0.05) is 18.2 Å². The highest BCUT2D eigenvalue weighted by Crippen LogP contribution is 2.71. The van der Waals surface area contributed by atoms with Crippen molar-refractivity contribution in [3.8, 4) is 6.07 Å². The highest BCUT2D eigenvalue weighted by atomic mass is 15.3. The first-order valence-electron chi connectivity index (χ1n) is 5.62. The van der Waals surface area contributed by atoms with Gasteiger partial charge in [0.15, 0.2) is 0 Å². The van der Waals surface area contributed by atoms with Gasteiger partial charge in [0.1, 0.15) is 0 Å². The number of rotatable bonds is 1. The predicted octanol–water partition coefficient (Wildman–Crippen LogP) is 2.44. The number of hydrogen-bond acceptors (Lipinski definition) is 2. The molecular formula is C13H11N3. The summed E-state index contributed by atoms with van der Waals surface area (Å²) in [6.07, 6.45) is 4.89. The topological polar surface area (TPSA) is 41.6 Å². The number of fused-ring (bicyclic) bond motifs is 1. The van der Waals surface area contributed by atoms with Crippen LogP contribution >= 0.6 is 0 Å². The van der Waals surface area contributed by atoms with Crippen LogP contribution in [0.4, 0.5) is 0 Å². The Labute approximate surface area is 93.3 Å². The summed E-state index contributed by atoms with van der Waals surface area (Å²) in [5.74, 6) is 0. The zero-order valence-corrected chi connectivity index (χ0v) is 8.85. The molecule has 0 spiro atoms. The molecule has 3 saturated carbocycles. The summed E-state index contributed by atoms with van der Waals surface area (Å²) < 4.78 is 2.14. The van der Waals surface area contributed by atoms with Crippen molar-refractivity contribution in [1.82, 2.24) is 9.78 Å². The summed E-state index contributed by atoms with van der Waals surface area (Å²) in [7, 11) is 0. The lowest BCUT2D eigenvalue weighted by Gasteiger charge is -2.66. The van der Waals surface area contributed by atoms with E-state index in [1.165, 1.54) is 10.9 Å². The van der Waals surface area contributed by atoms with Crippen LogP contribution in [0.3, 0.4) is 0 Å². The minimum atomic E-state index is -0.00689. The van der Waals surface area contributed by atoms with Gasteiger partial charge in [-0.2, -0.15) is 10.4 Å². The normalized spacial score (nSPS) is 35.2. The van der Waals surface area contributed by atoms with Crippen LogP contribution in [0.25, 0.3) is 10.9 Å². The van der Waals surface area contributed by atoms with E-state index >= 15 is 0 Å². The number of nitriles is 1. The molecule has 3 nitrogen and oxygen atoms in total. The van der Waals surface area contributed by atoms with E-state index in [1.54, 1.807) is 0 Å². The first-order chi connectivity index (χ1) is 7.77. The molecule has 1 heterocycles. The molecule has 5 rings (SSSR count). The molecule has 0 radical (unpaired) electrons. The van der Waals surface area contributed by atoms with Gasteiger partial charge in [0.25, 0.3) is 0 Å². The minimum Gasteiger partial charge on any atom is -0.259 e. The van der Waals surface area contributed by atoms with Crippen LogP contribution in [0.15, 0.2) is 30.5 Å². The number of nitrogens with zero attached hydrogens (tertiary/aromatic N) is 3. The molecule has 3 aliphatic rings. The molecule has 1 aromatic heterocycles. The molecule has 0 saturated heterocycles. The molecule has 0 N–H and O–H groups in total. The Bertz CT molecular complexity index is 612. The monoisotopic (exact) mass is 209 g/mol. The molecule has 78 valence electrons. The number of para-hydroxylation sites is 1. The van der Waals surface area contributed by atoms with Crippen molar-refractivity contribution >= 4 is 10.9 Å². The standard InChI is InChI=1S/C13H11N3/c14-9-12-6-13(7-12,8-12)16-11-4-2-1-3-10(11)5-15-16/h1-5H,6-8H2. The molecule has 3 aliphatic carbocycles. The third kappa shape index (κ3) is 0.746. The molecule has 2 aromatic rings. The summed E-state index contributed by atoms with van der Waals surface area (Å²) in [6.45, 7) is 0. The fourth-order valence-electron chi connectivity index (χ4n) is 3.43. The second-order valence-corrected chi connectivity index (χ2v) is 5.26. The second kappa shape index (κ2) is 2.30. The molecule has 0 amide bonds. The zero-order chi connectivity index (χ0) is 10.8. The van der Waals surface area contributed by atoms with Crippen LogP contribution in [0.2, 0.25) is 0 Å². The van der Waals surface area contributed by atoms with Gasteiger partial charge in [0.2, 0.25) is 0 Å². The van der Waals surface area contributed by atoms with Crippen molar-refractivity contribution in [1.29, 1.82) is 5.26 Å². The number of aromatic nitrogens is 2. The van der Waals surface area contributed by atoms with Crippen molar-refractivity contribution in [2.24, 2.45) is 5.41 Å². The van der Waals surface area contributed by atoms with Gasteiger partial charge in [-0.25, -0.2) is 0 Å². The van der Waals surface area contributed by atoms with E-state index in [2.05, 4.69) is 28.0 Å². The lowest BCUT2D eigenvalue weighted by atomic mass is 9.40. The van der Waals surface area contributed by atoms with E-state index in [-0.39, 0.29) is 11.0 Å². The summed E-state index contributed by atoms with van der Waals surface area (Å²) in [5, 5.41) is 14.7. The Morgan fingerprint density at radius 1 is 1.25 bits per heavy atom. The van der Waals surface area contributed by atoms with Crippen LogP contribution in [-0.4, -0.2) is 9.78 Å². The number of benzene rings is 1. The lowest BCUT2D eigenvalue weighted by Crippen LogP contribution is -2.67. The molecular weight excluding hydrogens is 198 g/mol. The van der Waals surface area contributed by atoms with Gasteiger partial charge < -0.3 is 0 Å². The van der Waals surface area contributed by atoms with E-state index in [9.17, 15) is 0 Å². The van der Waals surface area contributed by atoms with E-state index in [0.717, 1.165) is 19.3 Å². The van der Waals surface area contributed by atoms with Gasteiger partial charge in [-0.15, -0.1) is 0 Å². The Morgan fingerprint density at radius 2 is 2.00 bits per heavy atom. The maximum atomic E-state index is 9.03. The Morgan fingerprint density at radius 3 is 2.75 bits per heavy atom. The van der Waals surface area contributed by atoms with Crippen molar-refractivity contribution in [3.05, 3.63) is 30.5 Å². The molecule has 1 aromatic carbocycles. The third-order valence-corrected chi connectivity index (χ3v) is 4.17. The van der Waals surface area contributed by atoms with Crippen LogP contribution < -0.4 is 0 Å². The predicted molar refractivity (Wildman–Crippen MR) is 59.6 cm³/mol.